The molecule has 3 rings (SSSR count). The van der Waals surface area contributed by atoms with Crippen molar-refractivity contribution in [3.63, 3.8) is 0 Å². The predicted molar refractivity (Wildman–Crippen MR) is 98.1 cm³/mol. The Morgan fingerprint density at radius 1 is 1.25 bits per heavy atom. The van der Waals surface area contributed by atoms with Gasteiger partial charge < -0.3 is 4.90 Å². The number of hydrogen-bond acceptors (Lipinski definition) is 3. The molecular weight excluding hydrogens is 416 g/mol. The molecule has 2 aromatic rings. The minimum atomic E-state index is -3.79. The van der Waals surface area contributed by atoms with Crippen LogP contribution in [-0.4, -0.2) is 20.9 Å². The lowest BCUT2D eigenvalue weighted by molar-refractivity contribution is -0.116. The Kier molecular flexibility index (Phi) is 4.59. The molecule has 1 heterocycles. The lowest BCUT2D eigenvalue weighted by Gasteiger charge is -2.15. The summed E-state index contributed by atoms with van der Waals surface area (Å²) in [6.07, 6.45) is 0.698. The molecule has 0 radical (unpaired) electrons. The van der Waals surface area contributed by atoms with Crippen molar-refractivity contribution in [1.82, 2.24) is 0 Å². The molecular formula is C16H14BrClN2O3S. The Morgan fingerprint density at radius 3 is 2.67 bits per heavy atom. The van der Waals surface area contributed by atoms with Gasteiger partial charge >= 0.3 is 0 Å². The lowest BCUT2D eigenvalue weighted by Crippen LogP contribution is -2.25. The van der Waals surface area contributed by atoms with E-state index in [0.717, 1.165) is 11.3 Å². The van der Waals surface area contributed by atoms with Crippen molar-refractivity contribution in [3.8, 4) is 0 Å². The van der Waals surface area contributed by atoms with Crippen molar-refractivity contribution >= 4 is 54.8 Å². The van der Waals surface area contributed by atoms with Crippen LogP contribution in [0.5, 0.6) is 0 Å². The number of amides is 1. The van der Waals surface area contributed by atoms with Gasteiger partial charge in [-0.3, -0.25) is 9.52 Å². The third kappa shape index (κ3) is 3.29. The number of nitrogens with zero attached hydrogens (tertiary/aromatic N) is 1. The molecule has 1 N–H and O–H groups in total. The summed E-state index contributed by atoms with van der Waals surface area (Å²) in [6.45, 7) is 2.13. The van der Waals surface area contributed by atoms with Gasteiger partial charge in [-0.15, -0.1) is 0 Å². The molecule has 0 bridgehead atoms. The van der Waals surface area contributed by atoms with Gasteiger partial charge in [0.25, 0.3) is 10.0 Å². The van der Waals surface area contributed by atoms with Crippen LogP contribution >= 0.6 is 27.5 Å². The number of halogens is 2. The van der Waals surface area contributed by atoms with Crippen molar-refractivity contribution in [3.05, 3.63) is 51.5 Å². The number of rotatable bonds is 3. The topological polar surface area (TPSA) is 66.5 Å². The van der Waals surface area contributed by atoms with Gasteiger partial charge in [0.2, 0.25) is 5.91 Å². The number of carbonyl (C=O) groups excluding carboxylic acids is 1. The summed E-state index contributed by atoms with van der Waals surface area (Å²) in [7, 11) is -3.79. The summed E-state index contributed by atoms with van der Waals surface area (Å²) in [5.41, 5.74) is 2.21. The van der Waals surface area contributed by atoms with Crippen LogP contribution in [0.15, 0.2) is 45.8 Å². The molecule has 0 aromatic heterocycles. The largest absolute Gasteiger partial charge is 0.312 e. The molecule has 0 saturated carbocycles. The molecule has 0 aliphatic carbocycles. The second-order valence-corrected chi connectivity index (χ2v) is 8.42. The van der Waals surface area contributed by atoms with Gasteiger partial charge in [-0.25, -0.2) is 8.42 Å². The summed E-state index contributed by atoms with van der Waals surface area (Å²) < 4.78 is 28.3. The van der Waals surface area contributed by atoms with E-state index in [2.05, 4.69) is 20.7 Å². The van der Waals surface area contributed by atoms with Gasteiger partial charge in [-0.05, 0) is 48.4 Å². The smallest absolute Gasteiger partial charge is 0.263 e. The fourth-order valence-corrected chi connectivity index (χ4v) is 4.78. The molecule has 0 atom stereocenters. The van der Waals surface area contributed by atoms with Gasteiger partial charge in [-0.1, -0.05) is 27.5 Å². The summed E-state index contributed by atoms with van der Waals surface area (Å²) in [5.74, 6) is -0.0243. The molecule has 126 valence electrons. The molecule has 24 heavy (non-hydrogen) atoms. The molecule has 5 nitrogen and oxygen atoms in total. The first-order valence-corrected chi connectivity index (χ1v) is 9.82. The number of anilines is 2. The van der Waals surface area contributed by atoms with Gasteiger partial charge in [0.05, 0.1) is 5.02 Å². The Labute approximate surface area is 153 Å². The third-order valence-corrected chi connectivity index (χ3v) is 6.15. The van der Waals surface area contributed by atoms with E-state index < -0.39 is 10.0 Å². The first-order valence-electron chi connectivity index (χ1n) is 7.17. The van der Waals surface area contributed by atoms with Gasteiger partial charge in [0.15, 0.2) is 0 Å². The average Bonchev–Trinajstić information content (AvgIpc) is 2.89. The molecule has 0 unspecified atom stereocenters. The highest BCUT2D eigenvalue weighted by Gasteiger charge is 2.24. The van der Waals surface area contributed by atoms with Crippen molar-refractivity contribution in [2.75, 3.05) is 16.2 Å². The third-order valence-electron chi connectivity index (χ3n) is 3.79. The van der Waals surface area contributed by atoms with Crippen LogP contribution in [-0.2, 0) is 21.2 Å². The number of carbonyl (C=O) groups is 1. The summed E-state index contributed by atoms with van der Waals surface area (Å²) >= 11 is 9.28. The van der Waals surface area contributed by atoms with Crippen LogP contribution in [0.3, 0.4) is 0 Å². The van der Waals surface area contributed by atoms with E-state index in [0.29, 0.717) is 23.1 Å². The van der Waals surface area contributed by atoms with E-state index in [9.17, 15) is 13.2 Å². The van der Waals surface area contributed by atoms with E-state index >= 15 is 0 Å². The predicted octanol–water partition coefficient (Wildman–Crippen LogP) is 3.81. The average molecular weight is 430 g/mol. The molecule has 1 aliphatic heterocycles. The number of nitrogens with one attached hydrogen (secondary N) is 1. The molecule has 1 aliphatic rings. The number of hydrogen-bond donors (Lipinski definition) is 1. The molecule has 1 amide bonds. The zero-order chi connectivity index (χ0) is 17.5. The van der Waals surface area contributed by atoms with E-state index in [1.165, 1.54) is 19.1 Å². The number of benzene rings is 2. The van der Waals surface area contributed by atoms with Crippen molar-refractivity contribution in [2.45, 2.75) is 18.2 Å². The SMILES string of the molecule is CC(=O)N1CCc2cc(NS(=O)(=O)c3ccc(Br)cc3Cl)ccc21. The Hall–Kier alpha value is -1.57. The first-order chi connectivity index (χ1) is 11.3. The van der Waals surface area contributed by atoms with Crippen LogP contribution in [0, 0.1) is 0 Å². The molecule has 8 heteroatoms. The highest BCUT2D eigenvalue weighted by atomic mass is 79.9. The van der Waals surface area contributed by atoms with Crippen molar-refractivity contribution < 1.29 is 13.2 Å². The second kappa shape index (κ2) is 6.38. The Morgan fingerprint density at radius 2 is 2.00 bits per heavy atom. The van der Waals surface area contributed by atoms with Crippen LogP contribution in [0.1, 0.15) is 12.5 Å². The van der Waals surface area contributed by atoms with Crippen molar-refractivity contribution in [1.29, 1.82) is 0 Å². The maximum Gasteiger partial charge on any atom is 0.263 e. The zero-order valence-corrected chi connectivity index (χ0v) is 15.9. The van der Waals surface area contributed by atoms with Crippen LogP contribution in [0.2, 0.25) is 5.02 Å². The van der Waals surface area contributed by atoms with Crippen LogP contribution in [0.4, 0.5) is 11.4 Å². The molecule has 0 saturated heterocycles. The van der Waals surface area contributed by atoms with Gasteiger partial charge in [0.1, 0.15) is 4.90 Å². The fourth-order valence-electron chi connectivity index (χ4n) is 2.70. The maximum atomic E-state index is 12.5. The fraction of sp³-hybridized carbons (Fsp3) is 0.188. The minimum absolute atomic E-state index is 0.0122. The van der Waals surface area contributed by atoms with Gasteiger partial charge in [0, 0.05) is 29.3 Å². The van der Waals surface area contributed by atoms with E-state index in [1.54, 1.807) is 29.2 Å². The second-order valence-electron chi connectivity index (χ2n) is 5.44. The Balaban J connectivity index is 1.90. The van der Waals surface area contributed by atoms with Crippen LogP contribution < -0.4 is 9.62 Å². The first kappa shape index (κ1) is 17.3. The lowest BCUT2D eigenvalue weighted by atomic mass is 10.1. The Bertz CT molecular complexity index is 931. The zero-order valence-electron chi connectivity index (χ0n) is 12.7. The standard InChI is InChI=1S/C16H14BrClN2O3S/c1-10(21)20-7-6-11-8-13(3-4-15(11)20)19-24(22,23)16-5-2-12(17)9-14(16)18/h2-5,8-9,19H,6-7H2,1H3. The maximum absolute atomic E-state index is 12.5. The monoisotopic (exact) mass is 428 g/mol. The molecule has 0 fully saturated rings. The van der Waals surface area contributed by atoms with E-state index in [4.69, 9.17) is 11.6 Å². The number of fused-ring (bicyclic) bond motifs is 1. The van der Waals surface area contributed by atoms with Crippen LogP contribution in [0.25, 0.3) is 0 Å². The quantitative estimate of drug-likeness (QED) is 0.807. The van der Waals surface area contributed by atoms with Crippen molar-refractivity contribution in [2.24, 2.45) is 0 Å². The van der Waals surface area contributed by atoms with E-state index in [-0.39, 0.29) is 15.8 Å². The summed E-state index contributed by atoms with van der Waals surface area (Å²) in [4.78, 5) is 13.3. The normalized spacial score (nSPS) is 13.7. The number of sulfonamides is 1. The van der Waals surface area contributed by atoms with E-state index in [1.807, 2.05) is 0 Å². The molecule has 0 spiro atoms. The molecule has 2 aromatic carbocycles. The summed E-state index contributed by atoms with van der Waals surface area (Å²) in [5, 5.41) is 0.140. The summed E-state index contributed by atoms with van der Waals surface area (Å²) in [6, 6.07) is 9.74. The highest BCUT2D eigenvalue weighted by Crippen LogP contribution is 2.32. The van der Waals surface area contributed by atoms with Gasteiger partial charge in [-0.2, -0.15) is 0 Å². The minimum Gasteiger partial charge on any atom is -0.312 e. The highest BCUT2D eigenvalue weighted by molar-refractivity contribution is 9.10.